The lowest BCUT2D eigenvalue weighted by molar-refractivity contribution is 0.264. The number of nitrogens with one attached hydrogen (secondary N) is 1. The van der Waals surface area contributed by atoms with Crippen LogP contribution < -0.4 is 14.8 Å². The van der Waals surface area contributed by atoms with Crippen LogP contribution in [0, 0.1) is 0 Å². The number of hydrogen-bond donors (Lipinski definition) is 1. The summed E-state index contributed by atoms with van der Waals surface area (Å²) in [6, 6.07) is 6.40. The van der Waals surface area contributed by atoms with Crippen molar-refractivity contribution in [2.75, 3.05) is 20.8 Å². The molecule has 3 nitrogen and oxygen atoms in total. The highest BCUT2D eigenvalue weighted by molar-refractivity contribution is 5.42. The molecule has 0 radical (unpaired) electrons. The molecule has 1 aromatic carbocycles. The van der Waals surface area contributed by atoms with Crippen LogP contribution in [0.1, 0.15) is 19.4 Å². The van der Waals surface area contributed by atoms with Gasteiger partial charge in [-0.1, -0.05) is 13.0 Å². The van der Waals surface area contributed by atoms with E-state index in [1.807, 2.05) is 19.2 Å². The van der Waals surface area contributed by atoms with Crippen LogP contribution in [0.25, 0.3) is 0 Å². The summed E-state index contributed by atoms with van der Waals surface area (Å²) in [4.78, 5) is 0. The number of methoxy groups -OCH3 is 1. The molecule has 16 heavy (non-hydrogen) atoms. The number of rotatable bonds is 6. The van der Waals surface area contributed by atoms with Gasteiger partial charge < -0.3 is 14.8 Å². The smallest absolute Gasteiger partial charge is 0.161 e. The molecule has 90 valence electrons. The van der Waals surface area contributed by atoms with Crippen molar-refractivity contribution < 1.29 is 9.47 Å². The Morgan fingerprint density at radius 1 is 1.31 bits per heavy atom. The zero-order valence-electron chi connectivity index (χ0n) is 10.5. The SMILES string of the molecule is CCc1ccc(OCC(C)NC)c(OC)c1. The van der Waals surface area contributed by atoms with Crippen LogP contribution >= 0.6 is 0 Å². The van der Waals surface area contributed by atoms with E-state index in [-0.39, 0.29) is 0 Å². The molecule has 0 fully saturated rings. The third kappa shape index (κ3) is 3.42. The topological polar surface area (TPSA) is 30.5 Å². The van der Waals surface area contributed by atoms with Gasteiger partial charge in [-0.3, -0.25) is 0 Å². The molecule has 0 aliphatic rings. The minimum atomic E-state index is 0.329. The maximum Gasteiger partial charge on any atom is 0.161 e. The van der Waals surface area contributed by atoms with Gasteiger partial charge in [0.2, 0.25) is 0 Å². The molecular weight excluding hydrogens is 202 g/mol. The monoisotopic (exact) mass is 223 g/mol. The van der Waals surface area contributed by atoms with Crippen molar-refractivity contribution in [3.8, 4) is 11.5 Å². The van der Waals surface area contributed by atoms with E-state index in [1.54, 1.807) is 7.11 Å². The van der Waals surface area contributed by atoms with E-state index in [0.29, 0.717) is 12.6 Å². The Balaban J connectivity index is 2.71. The van der Waals surface area contributed by atoms with Crippen molar-refractivity contribution in [1.82, 2.24) is 5.32 Å². The predicted molar refractivity (Wildman–Crippen MR) is 66.4 cm³/mol. The zero-order chi connectivity index (χ0) is 12.0. The largest absolute Gasteiger partial charge is 0.493 e. The molecule has 0 spiro atoms. The van der Waals surface area contributed by atoms with Crippen LogP contribution in [-0.4, -0.2) is 26.8 Å². The number of benzene rings is 1. The molecule has 1 aromatic rings. The molecule has 1 unspecified atom stereocenters. The molecule has 0 heterocycles. The van der Waals surface area contributed by atoms with E-state index < -0.39 is 0 Å². The van der Waals surface area contributed by atoms with Gasteiger partial charge >= 0.3 is 0 Å². The lowest BCUT2D eigenvalue weighted by Gasteiger charge is -2.15. The first kappa shape index (κ1) is 12.8. The van der Waals surface area contributed by atoms with Crippen LogP contribution in [0.5, 0.6) is 11.5 Å². The molecule has 3 heteroatoms. The van der Waals surface area contributed by atoms with E-state index >= 15 is 0 Å². The Hall–Kier alpha value is -1.22. The summed E-state index contributed by atoms with van der Waals surface area (Å²) in [6.45, 7) is 4.84. The Bertz CT molecular complexity index is 326. The van der Waals surface area contributed by atoms with Crippen molar-refractivity contribution in [1.29, 1.82) is 0 Å². The number of aryl methyl sites for hydroxylation is 1. The second-order valence-corrected chi connectivity index (χ2v) is 3.84. The summed E-state index contributed by atoms with van der Waals surface area (Å²) in [5.41, 5.74) is 1.26. The van der Waals surface area contributed by atoms with Crippen molar-refractivity contribution >= 4 is 0 Å². The average Bonchev–Trinajstić information content (AvgIpc) is 2.35. The van der Waals surface area contributed by atoms with Gasteiger partial charge in [0.15, 0.2) is 11.5 Å². The Kier molecular flexibility index (Phi) is 5.12. The maximum absolute atomic E-state index is 5.69. The summed E-state index contributed by atoms with van der Waals surface area (Å²) < 4.78 is 11.0. The summed E-state index contributed by atoms with van der Waals surface area (Å²) in [5, 5.41) is 3.13. The fourth-order valence-electron chi connectivity index (χ4n) is 1.35. The number of likely N-dealkylation sites (N-methyl/N-ethyl adjacent to an activating group) is 1. The third-order valence-corrected chi connectivity index (χ3v) is 2.62. The van der Waals surface area contributed by atoms with Gasteiger partial charge in [-0.2, -0.15) is 0 Å². The summed E-state index contributed by atoms with van der Waals surface area (Å²) in [5.74, 6) is 1.62. The summed E-state index contributed by atoms with van der Waals surface area (Å²) in [7, 11) is 3.59. The Morgan fingerprint density at radius 3 is 2.62 bits per heavy atom. The lowest BCUT2D eigenvalue weighted by Crippen LogP contribution is -2.28. The highest BCUT2D eigenvalue weighted by Gasteiger charge is 2.06. The van der Waals surface area contributed by atoms with Gasteiger partial charge in [0, 0.05) is 6.04 Å². The molecule has 0 bridgehead atoms. The van der Waals surface area contributed by atoms with E-state index in [2.05, 4.69) is 25.2 Å². The van der Waals surface area contributed by atoms with Crippen molar-refractivity contribution in [3.63, 3.8) is 0 Å². The van der Waals surface area contributed by atoms with Crippen LogP contribution in [0.4, 0.5) is 0 Å². The minimum absolute atomic E-state index is 0.329. The zero-order valence-corrected chi connectivity index (χ0v) is 10.5. The first-order valence-electron chi connectivity index (χ1n) is 5.68. The molecule has 0 saturated heterocycles. The number of hydrogen-bond acceptors (Lipinski definition) is 3. The first-order valence-corrected chi connectivity index (χ1v) is 5.68. The van der Waals surface area contributed by atoms with E-state index in [1.165, 1.54) is 5.56 Å². The second kappa shape index (κ2) is 6.38. The molecule has 0 saturated carbocycles. The van der Waals surface area contributed by atoms with E-state index in [9.17, 15) is 0 Å². The van der Waals surface area contributed by atoms with Crippen molar-refractivity contribution in [2.45, 2.75) is 26.3 Å². The van der Waals surface area contributed by atoms with Crippen molar-refractivity contribution in [2.24, 2.45) is 0 Å². The molecule has 0 amide bonds. The third-order valence-electron chi connectivity index (χ3n) is 2.62. The van der Waals surface area contributed by atoms with Gasteiger partial charge in [-0.25, -0.2) is 0 Å². The van der Waals surface area contributed by atoms with Crippen LogP contribution in [0.15, 0.2) is 18.2 Å². The van der Waals surface area contributed by atoms with E-state index in [0.717, 1.165) is 17.9 Å². The normalized spacial score (nSPS) is 12.2. The average molecular weight is 223 g/mol. The first-order chi connectivity index (χ1) is 7.71. The highest BCUT2D eigenvalue weighted by atomic mass is 16.5. The van der Waals surface area contributed by atoms with Gasteiger partial charge in [-0.15, -0.1) is 0 Å². The maximum atomic E-state index is 5.69. The van der Waals surface area contributed by atoms with Crippen LogP contribution in [0.3, 0.4) is 0 Å². The second-order valence-electron chi connectivity index (χ2n) is 3.84. The highest BCUT2D eigenvalue weighted by Crippen LogP contribution is 2.28. The van der Waals surface area contributed by atoms with Gasteiger partial charge in [0.05, 0.1) is 7.11 Å². The summed E-state index contributed by atoms with van der Waals surface area (Å²) >= 11 is 0. The van der Waals surface area contributed by atoms with Gasteiger partial charge in [0.1, 0.15) is 6.61 Å². The predicted octanol–water partition coefficient (Wildman–Crippen LogP) is 2.24. The Morgan fingerprint density at radius 2 is 2.06 bits per heavy atom. The fourth-order valence-corrected chi connectivity index (χ4v) is 1.35. The molecule has 1 rings (SSSR count). The number of ether oxygens (including phenoxy) is 2. The van der Waals surface area contributed by atoms with Crippen molar-refractivity contribution in [3.05, 3.63) is 23.8 Å². The van der Waals surface area contributed by atoms with Gasteiger partial charge in [0.25, 0.3) is 0 Å². The molecule has 0 aliphatic carbocycles. The van der Waals surface area contributed by atoms with Gasteiger partial charge in [-0.05, 0) is 38.1 Å². The molecule has 0 aromatic heterocycles. The molecule has 0 aliphatic heterocycles. The molecule has 1 N–H and O–H groups in total. The Labute approximate surface area is 97.8 Å². The molecule has 1 atom stereocenters. The quantitative estimate of drug-likeness (QED) is 0.802. The van der Waals surface area contributed by atoms with Crippen LogP contribution in [0.2, 0.25) is 0 Å². The summed E-state index contributed by atoms with van der Waals surface area (Å²) in [6.07, 6.45) is 1.00. The lowest BCUT2D eigenvalue weighted by atomic mass is 10.1. The van der Waals surface area contributed by atoms with Crippen LogP contribution in [-0.2, 0) is 6.42 Å². The van der Waals surface area contributed by atoms with E-state index in [4.69, 9.17) is 9.47 Å². The minimum Gasteiger partial charge on any atom is -0.493 e. The standard InChI is InChI=1S/C13H21NO2/c1-5-11-6-7-12(13(8-11)15-4)16-9-10(2)14-3/h6-8,10,14H,5,9H2,1-4H3. The fraction of sp³-hybridized carbons (Fsp3) is 0.538. The molecular formula is C13H21NO2.